The Morgan fingerprint density at radius 1 is 0.418 bits per heavy atom. The molecule has 0 bridgehead atoms. The number of hydrogen-bond acceptors (Lipinski definition) is 10. The number of benzene rings is 7. The highest BCUT2D eigenvalue weighted by atomic mass is 16.7. The highest BCUT2D eigenvalue weighted by Crippen LogP contribution is 2.38. The van der Waals surface area contributed by atoms with Gasteiger partial charge in [0.1, 0.15) is 49.0 Å². The van der Waals surface area contributed by atoms with E-state index in [-0.39, 0.29) is 50.1 Å². The van der Waals surface area contributed by atoms with Crippen molar-refractivity contribution in [2.24, 2.45) is 0 Å². The molecule has 2 heterocycles. The van der Waals surface area contributed by atoms with E-state index in [1.165, 1.54) is 0 Å². The van der Waals surface area contributed by atoms with Crippen LogP contribution >= 0.6 is 0 Å². The van der Waals surface area contributed by atoms with Crippen molar-refractivity contribution < 1.29 is 42.3 Å². The van der Waals surface area contributed by atoms with Gasteiger partial charge in [0.15, 0.2) is 5.75 Å². The van der Waals surface area contributed by atoms with Crippen LogP contribution in [0.3, 0.4) is 0 Å². The lowest BCUT2D eigenvalue weighted by Gasteiger charge is -2.45. The quantitative estimate of drug-likeness (QED) is 0.0648. The molecule has 5 atom stereocenters. The first-order valence-corrected chi connectivity index (χ1v) is 22.5. The van der Waals surface area contributed by atoms with Gasteiger partial charge >= 0.3 is 5.63 Å². The summed E-state index contributed by atoms with van der Waals surface area (Å²) < 4.78 is 59.2. The van der Waals surface area contributed by atoms with Crippen LogP contribution in [0.25, 0.3) is 11.0 Å². The zero-order chi connectivity index (χ0) is 45.5. The molecule has 1 aliphatic heterocycles. The van der Waals surface area contributed by atoms with E-state index in [0.717, 1.165) is 33.4 Å². The summed E-state index contributed by atoms with van der Waals surface area (Å²) in [6.45, 7) is 1.66. The first-order valence-electron chi connectivity index (χ1n) is 22.5. The Bertz CT molecular complexity index is 2770. The highest BCUT2D eigenvalue weighted by molar-refractivity contribution is 5.86. The minimum atomic E-state index is -1.04. The Kier molecular flexibility index (Phi) is 15.4. The maximum Gasteiger partial charge on any atom is 0.383 e. The third-order valence-electron chi connectivity index (χ3n) is 11.3. The van der Waals surface area contributed by atoms with Crippen LogP contribution in [-0.2, 0) is 63.3 Å². The van der Waals surface area contributed by atoms with E-state index in [1.54, 1.807) is 18.2 Å². The molecule has 10 heteroatoms. The second kappa shape index (κ2) is 22.9. The monoisotopic (exact) mass is 896 g/mol. The van der Waals surface area contributed by atoms with Gasteiger partial charge in [-0.3, -0.25) is 0 Å². The molecule has 9 rings (SSSR count). The van der Waals surface area contributed by atoms with Gasteiger partial charge in [-0.05, 0) is 45.5 Å². The van der Waals surface area contributed by atoms with E-state index in [4.69, 9.17) is 42.3 Å². The Balaban J connectivity index is 1.06. The topological polar surface area (TPSA) is 104 Å². The van der Waals surface area contributed by atoms with Gasteiger partial charge in [-0.2, -0.15) is 0 Å². The van der Waals surface area contributed by atoms with E-state index >= 15 is 0 Å². The summed E-state index contributed by atoms with van der Waals surface area (Å²) in [5.41, 5.74) is 5.31. The summed E-state index contributed by atoms with van der Waals surface area (Å²) in [4.78, 5) is 13.8. The number of fused-ring (bicyclic) bond motifs is 1. The lowest BCUT2D eigenvalue weighted by atomic mass is 9.97. The van der Waals surface area contributed by atoms with Gasteiger partial charge in [0.05, 0.1) is 38.4 Å². The number of hydrogen-bond donors (Lipinski definition) is 0. The van der Waals surface area contributed by atoms with Gasteiger partial charge in [-0.25, -0.2) is 4.79 Å². The smallest absolute Gasteiger partial charge is 0.383 e. The second-order valence-electron chi connectivity index (χ2n) is 16.2. The maximum absolute atomic E-state index is 13.8. The molecule has 1 saturated heterocycles. The summed E-state index contributed by atoms with van der Waals surface area (Å²) in [7, 11) is 0. The molecule has 1 fully saturated rings. The van der Waals surface area contributed by atoms with E-state index in [1.807, 2.05) is 182 Å². The van der Waals surface area contributed by atoms with Crippen molar-refractivity contribution in [3.63, 3.8) is 0 Å². The zero-order valence-corrected chi connectivity index (χ0v) is 37.0. The molecular formula is C57H52O10. The van der Waals surface area contributed by atoms with Gasteiger partial charge in [0.25, 0.3) is 0 Å². The molecule has 10 nitrogen and oxygen atoms in total. The van der Waals surface area contributed by atoms with Crippen LogP contribution in [0, 0.1) is 0 Å². The zero-order valence-electron chi connectivity index (χ0n) is 37.0. The molecule has 0 spiro atoms. The van der Waals surface area contributed by atoms with Gasteiger partial charge in [0, 0.05) is 6.07 Å². The normalized spacial score (nSPS) is 18.1. The molecule has 340 valence electrons. The molecule has 0 aliphatic carbocycles. The van der Waals surface area contributed by atoms with Crippen molar-refractivity contribution in [1.82, 2.24) is 0 Å². The van der Waals surface area contributed by atoms with E-state index in [0.29, 0.717) is 24.3 Å². The van der Waals surface area contributed by atoms with Crippen molar-refractivity contribution >= 4 is 11.0 Å². The van der Waals surface area contributed by atoms with Gasteiger partial charge in [0.2, 0.25) is 12.0 Å². The van der Waals surface area contributed by atoms with Crippen LogP contribution in [-0.4, -0.2) is 37.3 Å². The minimum absolute atomic E-state index is 0.0239. The highest BCUT2D eigenvalue weighted by Gasteiger charge is 2.50. The Morgan fingerprint density at radius 3 is 1.33 bits per heavy atom. The maximum atomic E-state index is 13.8. The lowest BCUT2D eigenvalue weighted by molar-refractivity contribution is -0.310. The minimum Gasteiger partial charge on any atom is -0.484 e. The van der Waals surface area contributed by atoms with Crippen LogP contribution in [0.1, 0.15) is 33.4 Å². The average Bonchev–Trinajstić information content (AvgIpc) is 3.38. The summed E-state index contributed by atoms with van der Waals surface area (Å²) in [6.07, 6.45) is -3.91. The van der Waals surface area contributed by atoms with Crippen molar-refractivity contribution in [3.05, 3.63) is 244 Å². The third kappa shape index (κ3) is 12.2. The predicted octanol–water partition coefficient (Wildman–Crippen LogP) is 11.0. The average molecular weight is 897 g/mol. The van der Waals surface area contributed by atoms with E-state index in [9.17, 15) is 4.79 Å². The molecule has 0 saturated carbocycles. The Labute approximate surface area is 390 Å². The van der Waals surface area contributed by atoms with Gasteiger partial charge in [-0.1, -0.05) is 182 Å². The third-order valence-corrected chi connectivity index (χ3v) is 11.3. The van der Waals surface area contributed by atoms with Crippen molar-refractivity contribution in [2.45, 2.75) is 70.3 Å². The standard InChI is InChI=1S/C57H52O10/c58-56-54(63-38-45-27-15-5-16-28-45)51(60-35-42-21-9-2-10-22-42)48-32-31-47(33-49(48)66-56)65-57-55(64-39-46-29-17-6-18-30-46)53(62-37-44-25-13-4-14-26-44)52(61-36-43-23-11-3-12-24-43)50(67-57)40-59-34-41-19-7-1-8-20-41/h1-33,50,52-53,55,57H,34-40H2/t50-,52-,53+,55-,57-/m1/s1. The fourth-order valence-corrected chi connectivity index (χ4v) is 7.91. The molecule has 1 aromatic heterocycles. The van der Waals surface area contributed by atoms with Crippen LogP contribution < -0.4 is 19.8 Å². The van der Waals surface area contributed by atoms with E-state index < -0.39 is 36.3 Å². The molecule has 0 amide bonds. The Morgan fingerprint density at radius 2 is 0.836 bits per heavy atom. The fourth-order valence-electron chi connectivity index (χ4n) is 7.91. The number of rotatable bonds is 21. The summed E-state index contributed by atoms with van der Waals surface area (Å²) in [5.74, 6) is 0.596. The van der Waals surface area contributed by atoms with Crippen molar-refractivity contribution in [2.75, 3.05) is 6.61 Å². The van der Waals surface area contributed by atoms with Crippen LogP contribution in [0.4, 0.5) is 0 Å². The first-order chi connectivity index (χ1) is 33.1. The van der Waals surface area contributed by atoms with Crippen molar-refractivity contribution in [1.29, 1.82) is 0 Å². The summed E-state index contributed by atoms with van der Waals surface area (Å²) >= 11 is 0. The first kappa shape index (κ1) is 45.1. The molecule has 0 unspecified atom stereocenters. The molecule has 8 aromatic rings. The molecular weight excluding hydrogens is 845 g/mol. The van der Waals surface area contributed by atoms with Crippen LogP contribution in [0.5, 0.6) is 17.2 Å². The van der Waals surface area contributed by atoms with Gasteiger partial charge < -0.3 is 42.3 Å². The molecule has 7 aromatic carbocycles. The number of ether oxygens (including phenoxy) is 8. The summed E-state index contributed by atoms with van der Waals surface area (Å²) in [5, 5.41) is 0.526. The Hall–Kier alpha value is -7.05. The second-order valence-corrected chi connectivity index (χ2v) is 16.2. The van der Waals surface area contributed by atoms with E-state index in [2.05, 4.69) is 0 Å². The molecule has 1 aliphatic rings. The molecule has 0 radical (unpaired) electrons. The SMILES string of the molecule is O=c1oc2cc(O[C@@H]3O[C@H](COCc4ccccc4)[C@@H](OCc4ccccc4)[C@H](OCc4ccccc4)[C@H]3OCc3ccccc3)ccc2c(OCc2ccccc2)c1OCc1ccccc1. The largest absolute Gasteiger partial charge is 0.484 e. The molecule has 67 heavy (non-hydrogen) atoms. The summed E-state index contributed by atoms with van der Waals surface area (Å²) in [6, 6.07) is 64.4. The van der Waals surface area contributed by atoms with Gasteiger partial charge in [-0.15, -0.1) is 0 Å². The van der Waals surface area contributed by atoms with Crippen molar-refractivity contribution in [3.8, 4) is 17.2 Å². The fraction of sp³-hybridized carbons (Fsp3) is 0.211. The lowest BCUT2D eigenvalue weighted by Crippen LogP contribution is -2.62. The predicted molar refractivity (Wildman–Crippen MR) is 254 cm³/mol. The van der Waals surface area contributed by atoms with Crippen LogP contribution in [0.2, 0.25) is 0 Å². The molecule has 0 N–H and O–H groups in total. The van der Waals surface area contributed by atoms with Crippen LogP contribution in [0.15, 0.2) is 209 Å².